The van der Waals surface area contributed by atoms with Crippen molar-refractivity contribution in [2.24, 2.45) is 0 Å². The smallest absolute Gasteiger partial charge is 0.327 e. The highest BCUT2D eigenvalue weighted by molar-refractivity contribution is 7.87. The quantitative estimate of drug-likeness (QED) is 0.725. The molecule has 0 aliphatic carbocycles. The summed E-state index contributed by atoms with van der Waals surface area (Å²) in [6.07, 6.45) is 1.03. The van der Waals surface area contributed by atoms with Gasteiger partial charge in [-0.15, -0.1) is 0 Å². The van der Waals surface area contributed by atoms with Crippen molar-refractivity contribution in [2.45, 2.75) is 24.9 Å². The number of carbonyl (C=O) groups excluding carboxylic acids is 1. The van der Waals surface area contributed by atoms with Gasteiger partial charge in [0.1, 0.15) is 11.9 Å². The summed E-state index contributed by atoms with van der Waals surface area (Å²) < 4.78 is 46.8. The summed E-state index contributed by atoms with van der Waals surface area (Å²) in [6, 6.07) is 5.04. The third kappa shape index (κ3) is 4.50. The Hall–Kier alpha value is -1.55. The van der Waals surface area contributed by atoms with Crippen LogP contribution in [0.3, 0.4) is 0 Å². The normalized spacial score (nSPS) is 18.3. The van der Waals surface area contributed by atoms with Gasteiger partial charge in [-0.05, 0) is 18.9 Å². The minimum absolute atomic E-state index is 0.224. The average Bonchev–Trinajstić information content (AvgIpc) is 2.58. The minimum atomic E-state index is -3.51. The number of rotatable bonds is 6. The zero-order valence-corrected chi connectivity index (χ0v) is 14.5. The lowest BCUT2D eigenvalue weighted by molar-refractivity contribution is -0.148. The van der Waals surface area contributed by atoms with Crippen LogP contribution in [-0.4, -0.2) is 52.6 Å². The summed E-state index contributed by atoms with van der Waals surface area (Å²) in [7, 11) is -0.903. The molecule has 2 rings (SSSR count). The SMILES string of the molecule is CNS(=O)(=O)NC1CCN(C(C(=O)OC)c2ccccc2F)CC1. The standard InChI is InChI=1S/C15H22FN3O4S/c1-17-24(21,22)18-11-7-9-19(10-8-11)14(15(20)23-2)12-5-3-4-6-13(12)16/h3-6,11,14,17-18H,7-10H2,1-2H3. The molecule has 1 saturated heterocycles. The zero-order valence-electron chi connectivity index (χ0n) is 13.7. The number of hydrogen-bond donors (Lipinski definition) is 2. The molecule has 1 heterocycles. The predicted octanol–water partition coefficient (Wildman–Crippen LogP) is 0.558. The summed E-state index contributed by atoms with van der Waals surface area (Å²) in [4.78, 5) is 14.0. The highest BCUT2D eigenvalue weighted by Gasteiger charge is 2.34. The molecule has 0 spiro atoms. The maximum Gasteiger partial charge on any atom is 0.327 e. The van der Waals surface area contributed by atoms with Crippen LogP contribution < -0.4 is 9.44 Å². The molecule has 1 aliphatic rings. The Morgan fingerprint density at radius 2 is 1.96 bits per heavy atom. The van der Waals surface area contributed by atoms with E-state index < -0.39 is 28.0 Å². The van der Waals surface area contributed by atoms with Gasteiger partial charge in [0.05, 0.1) is 7.11 Å². The van der Waals surface area contributed by atoms with Crippen LogP contribution in [0.1, 0.15) is 24.4 Å². The third-order valence-corrected chi connectivity index (χ3v) is 5.29. The van der Waals surface area contributed by atoms with Gasteiger partial charge in [-0.1, -0.05) is 18.2 Å². The Bertz CT molecular complexity index is 675. The molecular weight excluding hydrogens is 337 g/mol. The van der Waals surface area contributed by atoms with E-state index in [4.69, 9.17) is 4.74 Å². The number of hydrogen-bond acceptors (Lipinski definition) is 5. The van der Waals surface area contributed by atoms with Crippen LogP contribution in [0.5, 0.6) is 0 Å². The molecule has 1 aliphatic heterocycles. The molecule has 0 bridgehead atoms. The van der Waals surface area contributed by atoms with Crippen molar-refractivity contribution in [3.63, 3.8) is 0 Å². The van der Waals surface area contributed by atoms with Crippen molar-refractivity contribution in [3.05, 3.63) is 35.6 Å². The predicted molar refractivity (Wildman–Crippen MR) is 86.9 cm³/mol. The molecule has 1 fully saturated rings. The number of likely N-dealkylation sites (tertiary alicyclic amines) is 1. The molecule has 24 heavy (non-hydrogen) atoms. The Kier molecular flexibility index (Phi) is 6.27. The molecular formula is C15H22FN3O4S. The number of ether oxygens (including phenoxy) is 1. The van der Waals surface area contributed by atoms with E-state index in [1.807, 2.05) is 4.90 Å². The number of esters is 1. The highest BCUT2D eigenvalue weighted by atomic mass is 32.2. The molecule has 9 heteroatoms. The van der Waals surface area contributed by atoms with E-state index in [1.165, 1.54) is 20.2 Å². The number of carbonyl (C=O) groups is 1. The fraction of sp³-hybridized carbons (Fsp3) is 0.533. The lowest BCUT2D eigenvalue weighted by Crippen LogP contribution is -2.49. The largest absolute Gasteiger partial charge is 0.468 e. The molecule has 1 unspecified atom stereocenters. The van der Waals surface area contributed by atoms with Gasteiger partial charge in [0.25, 0.3) is 10.2 Å². The van der Waals surface area contributed by atoms with E-state index >= 15 is 0 Å². The number of halogens is 1. The lowest BCUT2D eigenvalue weighted by Gasteiger charge is -2.36. The molecule has 1 aromatic rings. The number of methoxy groups -OCH3 is 1. The maximum absolute atomic E-state index is 14.1. The van der Waals surface area contributed by atoms with Gasteiger partial charge in [-0.2, -0.15) is 13.1 Å². The first-order valence-electron chi connectivity index (χ1n) is 7.65. The van der Waals surface area contributed by atoms with Gasteiger partial charge >= 0.3 is 5.97 Å². The van der Waals surface area contributed by atoms with Crippen molar-refractivity contribution in [1.82, 2.24) is 14.3 Å². The molecule has 0 saturated carbocycles. The Labute approximate surface area is 141 Å². The number of benzene rings is 1. The van der Waals surface area contributed by atoms with Crippen LogP contribution >= 0.6 is 0 Å². The summed E-state index contributed by atoms with van der Waals surface area (Å²) >= 11 is 0. The summed E-state index contributed by atoms with van der Waals surface area (Å²) in [5, 5.41) is 0. The average molecular weight is 359 g/mol. The third-order valence-electron chi connectivity index (χ3n) is 4.11. The number of nitrogens with one attached hydrogen (secondary N) is 2. The highest BCUT2D eigenvalue weighted by Crippen LogP contribution is 2.28. The van der Waals surface area contributed by atoms with E-state index in [0.717, 1.165) is 0 Å². The van der Waals surface area contributed by atoms with Gasteiger partial charge in [0, 0.05) is 31.7 Å². The van der Waals surface area contributed by atoms with E-state index in [-0.39, 0.29) is 11.6 Å². The Balaban J connectivity index is 2.11. The van der Waals surface area contributed by atoms with Gasteiger partial charge in [-0.3, -0.25) is 4.90 Å². The molecule has 7 nitrogen and oxygen atoms in total. The van der Waals surface area contributed by atoms with Crippen molar-refractivity contribution in [2.75, 3.05) is 27.2 Å². The van der Waals surface area contributed by atoms with Gasteiger partial charge in [-0.25, -0.2) is 13.9 Å². The van der Waals surface area contributed by atoms with Crippen LogP contribution in [0.15, 0.2) is 24.3 Å². The van der Waals surface area contributed by atoms with E-state index in [9.17, 15) is 17.6 Å². The first-order chi connectivity index (χ1) is 11.4. The molecule has 1 atom stereocenters. The first kappa shape index (κ1) is 18.8. The maximum atomic E-state index is 14.1. The second kappa shape index (κ2) is 8.02. The Morgan fingerprint density at radius 3 is 2.50 bits per heavy atom. The van der Waals surface area contributed by atoms with Gasteiger partial charge in [0.2, 0.25) is 0 Å². The summed E-state index contributed by atoms with van der Waals surface area (Å²) in [6.45, 7) is 0.899. The topological polar surface area (TPSA) is 87.7 Å². The van der Waals surface area contributed by atoms with Crippen LogP contribution in [0, 0.1) is 5.82 Å². The molecule has 0 aromatic heterocycles. The van der Waals surface area contributed by atoms with Crippen LogP contribution in [-0.2, 0) is 19.7 Å². The fourth-order valence-electron chi connectivity index (χ4n) is 2.84. The molecule has 0 radical (unpaired) electrons. The number of piperidine rings is 1. The second-order valence-corrected chi connectivity index (χ2v) is 7.23. The fourth-order valence-corrected chi connectivity index (χ4v) is 3.63. The molecule has 1 aromatic carbocycles. The van der Waals surface area contributed by atoms with Crippen LogP contribution in [0.25, 0.3) is 0 Å². The van der Waals surface area contributed by atoms with Gasteiger partial charge in [0.15, 0.2) is 0 Å². The van der Waals surface area contributed by atoms with Crippen LogP contribution in [0.4, 0.5) is 4.39 Å². The number of nitrogens with zero attached hydrogens (tertiary/aromatic N) is 1. The zero-order chi connectivity index (χ0) is 17.7. The second-order valence-electron chi connectivity index (χ2n) is 5.58. The monoisotopic (exact) mass is 359 g/mol. The lowest BCUT2D eigenvalue weighted by atomic mass is 9.99. The molecule has 134 valence electrons. The first-order valence-corrected chi connectivity index (χ1v) is 9.13. The van der Waals surface area contributed by atoms with Crippen molar-refractivity contribution in [1.29, 1.82) is 0 Å². The molecule has 2 N–H and O–H groups in total. The minimum Gasteiger partial charge on any atom is -0.468 e. The summed E-state index contributed by atoms with van der Waals surface area (Å²) in [5.41, 5.74) is 0.263. The van der Waals surface area contributed by atoms with Crippen molar-refractivity contribution in [3.8, 4) is 0 Å². The summed E-state index contributed by atoms with van der Waals surface area (Å²) in [5.74, 6) is -1.000. The van der Waals surface area contributed by atoms with E-state index in [0.29, 0.717) is 25.9 Å². The molecule has 0 amide bonds. The van der Waals surface area contributed by atoms with Gasteiger partial charge < -0.3 is 4.74 Å². The van der Waals surface area contributed by atoms with Crippen LogP contribution in [0.2, 0.25) is 0 Å². The van der Waals surface area contributed by atoms with E-state index in [2.05, 4.69) is 9.44 Å². The van der Waals surface area contributed by atoms with Crippen molar-refractivity contribution >= 4 is 16.2 Å². The van der Waals surface area contributed by atoms with Crippen molar-refractivity contribution < 1.29 is 22.3 Å². The van der Waals surface area contributed by atoms with E-state index in [1.54, 1.807) is 18.2 Å². The Morgan fingerprint density at radius 1 is 1.33 bits per heavy atom.